The third kappa shape index (κ3) is 2.72. The second-order valence-corrected chi connectivity index (χ2v) is 7.14. The zero-order valence-corrected chi connectivity index (χ0v) is 13.8. The molecule has 0 aromatic heterocycles. The Kier molecular flexibility index (Phi) is 4.06. The van der Waals surface area contributed by atoms with Crippen LogP contribution in [-0.2, 0) is 4.74 Å². The Labute approximate surface area is 140 Å². The average molecular weight is 335 g/mol. The summed E-state index contributed by atoms with van der Waals surface area (Å²) in [7, 11) is 2.13. The summed E-state index contributed by atoms with van der Waals surface area (Å²) in [5.41, 5.74) is 9.44. The Morgan fingerprint density at radius 1 is 1.25 bits per heavy atom. The molecule has 3 aliphatic heterocycles. The minimum Gasteiger partial charge on any atom is -0.370 e. The lowest BCUT2D eigenvalue weighted by molar-refractivity contribution is -0.0435. The van der Waals surface area contributed by atoms with E-state index in [9.17, 15) is 8.78 Å². The molecular weight excluding hydrogens is 312 g/mol. The predicted molar refractivity (Wildman–Crippen MR) is 87.3 cm³/mol. The Balaban J connectivity index is 1.48. The molecule has 1 aromatic carbocycles. The molecule has 3 atom stereocenters. The molecule has 0 aliphatic carbocycles. The quantitative estimate of drug-likeness (QED) is 0.898. The van der Waals surface area contributed by atoms with Crippen LogP contribution >= 0.6 is 0 Å². The summed E-state index contributed by atoms with van der Waals surface area (Å²) in [5.74, 6) is -0.924. The van der Waals surface area contributed by atoms with Gasteiger partial charge in [0.1, 0.15) is 17.7 Å². The van der Waals surface area contributed by atoms with E-state index in [0.29, 0.717) is 6.61 Å². The highest BCUT2D eigenvalue weighted by molar-refractivity contribution is 5.28. The van der Waals surface area contributed by atoms with Crippen LogP contribution in [0.3, 0.4) is 0 Å². The maximum absolute atomic E-state index is 14.0. The van der Waals surface area contributed by atoms with Gasteiger partial charge in [-0.2, -0.15) is 0 Å². The molecule has 2 N–H and O–H groups in total. The fraction of sp³-hybridized carbons (Fsp3) is 0.556. The van der Waals surface area contributed by atoms with Gasteiger partial charge in [-0.25, -0.2) is 8.78 Å². The predicted octanol–water partition coefficient (Wildman–Crippen LogP) is 2.03. The minimum absolute atomic E-state index is 0.215. The maximum atomic E-state index is 14.0. The average Bonchev–Trinajstić information content (AvgIpc) is 3.08. The van der Waals surface area contributed by atoms with E-state index in [2.05, 4.69) is 16.8 Å². The van der Waals surface area contributed by atoms with Crippen LogP contribution in [-0.4, -0.2) is 55.2 Å². The molecule has 0 radical (unpaired) electrons. The number of hydrogen-bond donors (Lipinski definition) is 1. The molecule has 1 saturated heterocycles. The van der Waals surface area contributed by atoms with Crippen LogP contribution in [0, 0.1) is 11.6 Å². The van der Waals surface area contributed by atoms with Crippen molar-refractivity contribution in [1.29, 1.82) is 0 Å². The number of rotatable bonds is 2. The van der Waals surface area contributed by atoms with Crippen LogP contribution in [0.25, 0.3) is 0 Å². The first-order valence-corrected chi connectivity index (χ1v) is 8.51. The van der Waals surface area contributed by atoms with Crippen LogP contribution in [0.15, 0.2) is 29.5 Å². The van der Waals surface area contributed by atoms with E-state index in [1.54, 1.807) is 0 Å². The van der Waals surface area contributed by atoms with Gasteiger partial charge < -0.3 is 15.4 Å². The molecule has 0 saturated carbocycles. The molecule has 1 aromatic rings. The molecule has 3 aliphatic rings. The summed E-state index contributed by atoms with van der Waals surface area (Å²) in [6, 6.07) is 3.32. The molecule has 24 heavy (non-hydrogen) atoms. The fourth-order valence-corrected chi connectivity index (χ4v) is 4.27. The van der Waals surface area contributed by atoms with Crippen LogP contribution in [0.4, 0.5) is 8.78 Å². The van der Waals surface area contributed by atoms with Gasteiger partial charge in [0.25, 0.3) is 0 Å². The lowest BCUT2D eigenvalue weighted by Gasteiger charge is -2.40. The molecular formula is C18H23F2N3O. The number of hydrogen-bond acceptors (Lipinski definition) is 4. The third-order valence-electron chi connectivity index (χ3n) is 5.40. The SMILES string of the molecule is CN1CC2=C(C1)N([C@H]1CO[C@H](c3cc(F)ccc3F)[C@@H](N)C1)CC2. The van der Waals surface area contributed by atoms with Gasteiger partial charge in [-0.05, 0) is 43.7 Å². The zero-order chi connectivity index (χ0) is 16.8. The highest BCUT2D eigenvalue weighted by Crippen LogP contribution is 2.36. The van der Waals surface area contributed by atoms with E-state index in [1.807, 2.05) is 0 Å². The van der Waals surface area contributed by atoms with Gasteiger partial charge in [0, 0.05) is 36.9 Å². The van der Waals surface area contributed by atoms with Crippen LogP contribution in [0.5, 0.6) is 0 Å². The summed E-state index contributed by atoms with van der Waals surface area (Å²) in [5, 5.41) is 0. The monoisotopic (exact) mass is 335 g/mol. The van der Waals surface area contributed by atoms with Gasteiger partial charge in [-0.15, -0.1) is 0 Å². The number of halogens is 2. The van der Waals surface area contributed by atoms with Crippen LogP contribution in [0.2, 0.25) is 0 Å². The smallest absolute Gasteiger partial charge is 0.129 e. The third-order valence-corrected chi connectivity index (χ3v) is 5.40. The number of benzene rings is 1. The molecule has 130 valence electrons. The van der Waals surface area contributed by atoms with E-state index in [4.69, 9.17) is 10.5 Å². The van der Waals surface area contributed by atoms with Gasteiger partial charge in [0.15, 0.2) is 0 Å². The number of nitrogens with two attached hydrogens (primary N) is 1. The normalized spacial score (nSPS) is 31.0. The van der Waals surface area contributed by atoms with Crippen molar-refractivity contribution in [3.63, 3.8) is 0 Å². The van der Waals surface area contributed by atoms with Crippen molar-refractivity contribution >= 4 is 0 Å². The second-order valence-electron chi connectivity index (χ2n) is 7.14. The minimum atomic E-state index is -0.584. The first-order valence-electron chi connectivity index (χ1n) is 8.51. The van der Waals surface area contributed by atoms with Crippen molar-refractivity contribution in [3.05, 3.63) is 46.7 Å². The van der Waals surface area contributed by atoms with Crippen molar-refractivity contribution < 1.29 is 13.5 Å². The molecule has 4 nitrogen and oxygen atoms in total. The van der Waals surface area contributed by atoms with E-state index >= 15 is 0 Å². The van der Waals surface area contributed by atoms with Gasteiger partial charge in [-0.3, -0.25) is 4.90 Å². The largest absolute Gasteiger partial charge is 0.370 e. The van der Waals surface area contributed by atoms with Crippen molar-refractivity contribution in [2.75, 3.05) is 33.3 Å². The van der Waals surface area contributed by atoms with Gasteiger partial charge in [0.05, 0.1) is 12.6 Å². The topological polar surface area (TPSA) is 41.7 Å². The van der Waals surface area contributed by atoms with Crippen molar-refractivity contribution in [2.45, 2.75) is 31.0 Å². The molecule has 0 unspecified atom stereocenters. The highest BCUT2D eigenvalue weighted by atomic mass is 19.1. The van der Waals surface area contributed by atoms with E-state index in [-0.39, 0.29) is 17.6 Å². The highest BCUT2D eigenvalue weighted by Gasteiger charge is 2.38. The van der Waals surface area contributed by atoms with E-state index in [1.165, 1.54) is 17.3 Å². The van der Waals surface area contributed by atoms with Crippen molar-refractivity contribution in [3.8, 4) is 0 Å². The van der Waals surface area contributed by atoms with E-state index < -0.39 is 17.7 Å². The lowest BCUT2D eigenvalue weighted by atomic mass is 9.93. The first-order chi connectivity index (χ1) is 11.5. The molecule has 0 spiro atoms. The molecule has 6 heteroatoms. The summed E-state index contributed by atoms with van der Waals surface area (Å²) >= 11 is 0. The molecule has 1 fully saturated rings. The number of ether oxygens (including phenoxy) is 1. The number of nitrogens with zero attached hydrogens (tertiary/aromatic N) is 2. The van der Waals surface area contributed by atoms with Crippen LogP contribution < -0.4 is 5.73 Å². The van der Waals surface area contributed by atoms with Crippen molar-refractivity contribution in [2.24, 2.45) is 5.73 Å². The zero-order valence-electron chi connectivity index (χ0n) is 13.8. The van der Waals surface area contributed by atoms with Gasteiger partial charge >= 0.3 is 0 Å². The fourth-order valence-electron chi connectivity index (χ4n) is 4.27. The Bertz CT molecular complexity index is 678. The van der Waals surface area contributed by atoms with Crippen molar-refractivity contribution in [1.82, 2.24) is 9.80 Å². The second kappa shape index (κ2) is 6.10. The van der Waals surface area contributed by atoms with Crippen LogP contribution in [0.1, 0.15) is 24.5 Å². The summed E-state index contributed by atoms with van der Waals surface area (Å²) in [6.45, 7) is 3.53. The molecule has 4 rings (SSSR count). The Hall–Kier alpha value is -1.50. The Morgan fingerprint density at radius 2 is 2.08 bits per heavy atom. The number of likely N-dealkylation sites (N-methyl/N-ethyl adjacent to an activating group) is 1. The summed E-state index contributed by atoms with van der Waals surface area (Å²) in [6.07, 6.45) is 1.24. The molecule has 3 heterocycles. The van der Waals surface area contributed by atoms with E-state index in [0.717, 1.165) is 44.6 Å². The standard InChI is InChI=1S/C18H23F2N3O/c1-22-8-11-4-5-23(17(11)9-22)13-7-16(21)18(24-10-13)14-6-12(19)2-3-15(14)20/h2-3,6,13,16,18H,4-5,7-10,21H2,1H3/t13-,16+,18-/m1/s1. The Morgan fingerprint density at radius 3 is 2.88 bits per heavy atom. The summed E-state index contributed by atoms with van der Waals surface area (Å²) in [4.78, 5) is 4.72. The lowest BCUT2D eigenvalue weighted by Crippen LogP contribution is -2.49. The van der Waals surface area contributed by atoms with Gasteiger partial charge in [0.2, 0.25) is 0 Å². The molecule has 0 amide bonds. The van der Waals surface area contributed by atoms with Gasteiger partial charge in [-0.1, -0.05) is 0 Å². The summed E-state index contributed by atoms with van der Waals surface area (Å²) < 4.78 is 33.4. The first kappa shape index (κ1) is 16.0. The molecule has 0 bridgehead atoms. The maximum Gasteiger partial charge on any atom is 0.129 e.